The fourth-order valence-corrected chi connectivity index (χ4v) is 4.98. The molecular formula is C19H25N3O2. The zero-order valence-corrected chi connectivity index (χ0v) is 14.1. The van der Waals surface area contributed by atoms with E-state index in [0.29, 0.717) is 6.42 Å². The molecule has 2 aliphatic heterocycles. The number of carboxylic acid groups (broad SMARTS) is 1. The quantitative estimate of drug-likeness (QED) is 0.806. The molecule has 1 fully saturated rings. The van der Waals surface area contributed by atoms with Gasteiger partial charge in [-0.25, -0.2) is 0 Å². The lowest BCUT2D eigenvalue weighted by Gasteiger charge is -2.41. The van der Waals surface area contributed by atoms with Crippen LogP contribution in [0.2, 0.25) is 0 Å². The summed E-state index contributed by atoms with van der Waals surface area (Å²) in [6.07, 6.45) is 3.56. The second kappa shape index (κ2) is 5.60. The van der Waals surface area contributed by atoms with E-state index in [1.54, 1.807) is 0 Å². The molecule has 1 unspecified atom stereocenters. The van der Waals surface area contributed by atoms with Crippen molar-refractivity contribution in [3.8, 4) is 0 Å². The van der Waals surface area contributed by atoms with Crippen molar-refractivity contribution < 1.29 is 9.90 Å². The van der Waals surface area contributed by atoms with Crippen LogP contribution in [0.3, 0.4) is 0 Å². The molecule has 3 atom stereocenters. The molecule has 5 nitrogen and oxygen atoms in total. The van der Waals surface area contributed by atoms with Gasteiger partial charge in [0, 0.05) is 23.1 Å². The van der Waals surface area contributed by atoms with Gasteiger partial charge in [-0.2, -0.15) is 0 Å². The molecule has 0 bridgehead atoms. The molecule has 2 aliphatic rings. The van der Waals surface area contributed by atoms with Crippen LogP contribution in [0.1, 0.15) is 43.5 Å². The van der Waals surface area contributed by atoms with Gasteiger partial charge in [-0.05, 0) is 49.3 Å². The highest BCUT2D eigenvalue weighted by atomic mass is 16.4. The lowest BCUT2D eigenvalue weighted by molar-refractivity contribution is -0.139. The molecule has 0 spiro atoms. The normalized spacial score (nSPS) is 27.8. The zero-order chi connectivity index (χ0) is 16.9. The van der Waals surface area contributed by atoms with Gasteiger partial charge in [0.2, 0.25) is 0 Å². The molecule has 0 amide bonds. The average Bonchev–Trinajstić information content (AvgIpc) is 3.13. The number of aromatic amines is 1. The third-order valence-electron chi connectivity index (χ3n) is 6.26. The van der Waals surface area contributed by atoms with E-state index < -0.39 is 12.0 Å². The van der Waals surface area contributed by atoms with E-state index in [1.807, 2.05) is 0 Å². The number of para-hydroxylation sites is 1. The Morgan fingerprint density at radius 3 is 3.00 bits per heavy atom. The van der Waals surface area contributed by atoms with Crippen LogP contribution in [0, 0.1) is 5.41 Å². The number of aliphatic carboxylic acids is 1. The highest BCUT2D eigenvalue weighted by Gasteiger charge is 2.50. The fourth-order valence-electron chi connectivity index (χ4n) is 4.98. The lowest BCUT2D eigenvalue weighted by atomic mass is 9.70. The predicted octanol–water partition coefficient (Wildman–Crippen LogP) is 2.67. The molecule has 4 rings (SSSR count). The molecule has 1 aromatic carbocycles. The molecule has 0 aliphatic carbocycles. The van der Waals surface area contributed by atoms with E-state index >= 15 is 0 Å². The van der Waals surface area contributed by atoms with Crippen molar-refractivity contribution in [1.82, 2.24) is 9.88 Å². The number of H-pyrrole nitrogens is 1. The summed E-state index contributed by atoms with van der Waals surface area (Å²) in [4.78, 5) is 17.5. The van der Waals surface area contributed by atoms with Crippen LogP contribution in [0.25, 0.3) is 10.9 Å². The Hall–Kier alpha value is -1.85. The number of fused-ring (bicyclic) bond motifs is 5. The molecule has 3 heterocycles. The van der Waals surface area contributed by atoms with E-state index in [1.165, 1.54) is 22.2 Å². The summed E-state index contributed by atoms with van der Waals surface area (Å²) >= 11 is 0. The number of nitrogens with zero attached hydrogens (tertiary/aromatic N) is 1. The maximum Gasteiger partial charge on any atom is 0.320 e. The first kappa shape index (κ1) is 15.7. The number of hydrogen-bond donors (Lipinski definition) is 3. The van der Waals surface area contributed by atoms with E-state index in [9.17, 15) is 9.90 Å². The molecule has 0 radical (unpaired) electrons. The number of benzene rings is 1. The predicted molar refractivity (Wildman–Crippen MR) is 93.9 cm³/mol. The van der Waals surface area contributed by atoms with Crippen LogP contribution in [0.5, 0.6) is 0 Å². The first-order chi connectivity index (χ1) is 11.6. The van der Waals surface area contributed by atoms with Crippen LogP contribution < -0.4 is 5.73 Å². The summed E-state index contributed by atoms with van der Waals surface area (Å²) in [5, 5.41) is 10.6. The van der Waals surface area contributed by atoms with Crippen LogP contribution in [0.4, 0.5) is 0 Å². The smallest absolute Gasteiger partial charge is 0.320 e. The number of aromatic nitrogens is 1. The fraction of sp³-hybridized carbons (Fsp3) is 0.526. The van der Waals surface area contributed by atoms with Crippen molar-refractivity contribution in [1.29, 1.82) is 0 Å². The van der Waals surface area contributed by atoms with Gasteiger partial charge in [-0.15, -0.1) is 0 Å². The minimum Gasteiger partial charge on any atom is -0.480 e. The van der Waals surface area contributed by atoms with Crippen LogP contribution in [0.15, 0.2) is 24.3 Å². The molecule has 1 saturated heterocycles. The monoisotopic (exact) mass is 327 g/mol. The standard InChI is InChI=1S/C19H25N3O2/c1-2-19(11-14(20)18(23)24)8-10-22-9-7-13-12-5-3-4-6-15(12)21-16(13)17(19)22/h3-6,14,17,21H,2,7-11,20H2,1H3,(H,23,24)/t14?,17-,19-/m1/s1. The summed E-state index contributed by atoms with van der Waals surface area (Å²) in [6.45, 7) is 4.25. The number of hydrogen-bond acceptors (Lipinski definition) is 3. The molecule has 2 aromatic rings. The third-order valence-corrected chi connectivity index (χ3v) is 6.26. The van der Waals surface area contributed by atoms with E-state index in [0.717, 1.165) is 32.4 Å². The second-order valence-corrected chi connectivity index (χ2v) is 7.37. The van der Waals surface area contributed by atoms with Gasteiger partial charge in [0.25, 0.3) is 0 Å². The molecule has 5 heteroatoms. The van der Waals surface area contributed by atoms with Gasteiger partial charge >= 0.3 is 5.97 Å². The van der Waals surface area contributed by atoms with Crippen LogP contribution in [-0.2, 0) is 11.2 Å². The molecule has 0 saturated carbocycles. The Morgan fingerprint density at radius 1 is 1.46 bits per heavy atom. The molecular weight excluding hydrogens is 302 g/mol. The van der Waals surface area contributed by atoms with Crippen molar-refractivity contribution in [3.05, 3.63) is 35.5 Å². The lowest BCUT2D eigenvalue weighted by Crippen LogP contribution is -2.42. The SMILES string of the molecule is CC[C@]1(CC(N)C(=O)O)CCN2CCc3c([nH]c4ccccc34)[C@@H]21. The summed E-state index contributed by atoms with van der Waals surface area (Å²) < 4.78 is 0. The van der Waals surface area contributed by atoms with Crippen molar-refractivity contribution in [2.24, 2.45) is 11.1 Å². The van der Waals surface area contributed by atoms with Gasteiger partial charge in [-0.1, -0.05) is 25.1 Å². The number of nitrogens with one attached hydrogen (secondary N) is 1. The third kappa shape index (κ3) is 2.19. The van der Waals surface area contributed by atoms with Crippen LogP contribution in [-0.4, -0.2) is 40.1 Å². The summed E-state index contributed by atoms with van der Waals surface area (Å²) in [5.41, 5.74) is 9.77. The number of rotatable bonds is 4. The molecule has 1 aromatic heterocycles. The first-order valence-corrected chi connectivity index (χ1v) is 8.87. The highest BCUT2D eigenvalue weighted by molar-refractivity contribution is 5.85. The Balaban J connectivity index is 1.80. The first-order valence-electron chi connectivity index (χ1n) is 8.87. The molecule has 4 N–H and O–H groups in total. The minimum atomic E-state index is -0.894. The Bertz CT molecular complexity index is 784. The van der Waals surface area contributed by atoms with Crippen molar-refractivity contribution >= 4 is 16.9 Å². The van der Waals surface area contributed by atoms with Gasteiger partial charge in [0.05, 0.1) is 6.04 Å². The topological polar surface area (TPSA) is 82.3 Å². The average molecular weight is 327 g/mol. The van der Waals surface area contributed by atoms with Crippen molar-refractivity contribution in [2.45, 2.75) is 44.7 Å². The highest BCUT2D eigenvalue weighted by Crippen LogP contribution is 2.54. The number of carboxylic acids is 1. The molecule has 24 heavy (non-hydrogen) atoms. The van der Waals surface area contributed by atoms with E-state index in [2.05, 4.69) is 41.1 Å². The van der Waals surface area contributed by atoms with Gasteiger partial charge in [-0.3, -0.25) is 9.69 Å². The second-order valence-electron chi connectivity index (χ2n) is 7.37. The summed E-state index contributed by atoms with van der Waals surface area (Å²) in [7, 11) is 0. The summed E-state index contributed by atoms with van der Waals surface area (Å²) in [6, 6.07) is 7.92. The largest absolute Gasteiger partial charge is 0.480 e. The Morgan fingerprint density at radius 2 is 2.25 bits per heavy atom. The van der Waals surface area contributed by atoms with Crippen molar-refractivity contribution in [3.63, 3.8) is 0 Å². The van der Waals surface area contributed by atoms with Gasteiger partial charge in [0.15, 0.2) is 0 Å². The van der Waals surface area contributed by atoms with E-state index in [-0.39, 0.29) is 11.5 Å². The zero-order valence-electron chi connectivity index (χ0n) is 14.1. The maximum absolute atomic E-state index is 11.3. The Labute approximate surface area is 141 Å². The van der Waals surface area contributed by atoms with Crippen molar-refractivity contribution in [2.75, 3.05) is 13.1 Å². The van der Waals surface area contributed by atoms with Gasteiger partial charge in [0.1, 0.15) is 6.04 Å². The number of carbonyl (C=O) groups is 1. The van der Waals surface area contributed by atoms with Crippen LogP contribution >= 0.6 is 0 Å². The molecule has 128 valence electrons. The number of nitrogens with two attached hydrogens (primary N) is 1. The Kier molecular flexibility index (Phi) is 3.66. The van der Waals surface area contributed by atoms with E-state index in [4.69, 9.17) is 5.73 Å². The summed E-state index contributed by atoms with van der Waals surface area (Å²) in [5.74, 6) is -0.894. The maximum atomic E-state index is 11.3. The minimum absolute atomic E-state index is 0.0617. The van der Waals surface area contributed by atoms with Gasteiger partial charge < -0.3 is 15.8 Å².